The van der Waals surface area contributed by atoms with Crippen molar-refractivity contribution >= 4 is 10.0 Å². The van der Waals surface area contributed by atoms with E-state index in [2.05, 4.69) is 4.72 Å². The second kappa shape index (κ2) is 7.42. The molecule has 0 aliphatic carbocycles. The van der Waals surface area contributed by atoms with Crippen molar-refractivity contribution < 1.29 is 13.5 Å². The molecule has 2 N–H and O–H groups in total. The molecule has 0 fully saturated rings. The first-order valence-corrected chi connectivity index (χ1v) is 8.92. The van der Waals surface area contributed by atoms with Gasteiger partial charge in [0.05, 0.1) is 5.75 Å². The molecule has 2 aromatic carbocycles. The lowest BCUT2D eigenvalue weighted by molar-refractivity contribution is 0.475. The minimum absolute atomic E-state index is 0.00259. The Morgan fingerprint density at radius 1 is 1.00 bits per heavy atom. The average Bonchev–Trinajstić information content (AvgIpc) is 2.46. The smallest absolute Gasteiger partial charge is 0.216 e. The normalized spacial score (nSPS) is 13.0. The predicted octanol–water partition coefficient (Wildman–Crippen LogP) is 2.83. The Kier molecular flexibility index (Phi) is 5.57. The van der Waals surface area contributed by atoms with E-state index in [0.717, 1.165) is 17.5 Å². The van der Waals surface area contributed by atoms with Gasteiger partial charge in [-0.05, 0) is 43.0 Å². The highest BCUT2D eigenvalue weighted by atomic mass is 32.2. The van der Waals surface area contributed by atoms with Gasteiger partial charge >= 0.3 is 0 Å². The number of rotatable bonds is 7. The summed E-state index contributed by atoms with van der Waals surface area (Å²) in [5, 5.41) is 9.24. The Labute approximate surface area is 131 Å². The molecule has 0 saturated heterocycles. The zero-order valence-electron chi connectivity index (χ0n) is 12.6. The molecular weight excluding hydrogens is 298 g/mol. The van der Waals surface area contributed by atoms with Crippen LogP contribution in [0.25, 0.3) is 0 Å². The maximum absolute atomic E-state index is 12.1. The standard InChI is InChI=1S/C17H21NO3S/c1-14(7-8-15-9-11-17(19)12-10-15)18-22(20,21)13-16-5-3-2-4-6-16/h2-6,9-12,14,18-19H,7-8,13H2,1H3. The second-order valence-corrected chi connectivity index (χ2v) is 7.22. The van der Waals surface area contributed by atoms with Crippen LogP contribution >= 0.6 is 0 Å². The van der Waals surface area contributed by atoms with Crippen LogP contribution in [0.1, 0.15) is 24.5 Å². The first kappa shape index (κ1) is 16.5. The van der Waals surface area contributed by atoms with Crippen molar-refractivity contribution in [3.8, 4) is 5.75 Å². The van der Waals surface area contributed by atoms with E-state index in [1.807, 2.05) is 37.3 Å². The molecule has 2 rings (SSSR count). The van der Waals surface area contributed by atoms with Crippen LogP contribution in [-0.4, -0.2) is 19.6 Å². The van der Waals surface area contributed by atoms with Crippen LogP contribution in [0.3, 0.4) is 0 Å². The van der Waals surface area contributed by atoms with E-state index in [1.54, 1.807) is 24.3 Å². The Hall–Kier alpha value is -1.85. The third kappa shape index (κ3) is 5.50. The number of phenolic OH excluding ortho intramolecular Hbond substituents is 1. The Balaban J connectivity index is 1.85. The molecular formula is C17H21NO3S. The zero-order chi connectivity index (χ0) is 16.0. The third-order valence-corrected chi connectivity index (χ3v) is 4.86. The topological polar surface area (TPSA) is 66.4 Å². The van der Waals surface area contributed by atoms with Crippen molar-refractivity contribution in [1.29, 1.82) is 0 Å². The lowest BCUT2D eigenvalue weighted by Gasteiger charge is -2.14. The monoisotopic (exact) mass is 319 g/mol. The quantitative estimate of drug-likeness (QED) is 0.824. The molecule has 0 amide bonds. The summed E-state index contributed by atoms with van der Waals surface area (Å²) in [6.07, 6.45) is 1.47. The van der Waals surface area contributed by atoms with Crippen LogP contribution in [-0.2, 0) is 22.2 Å². The minimum atomic E-state index is -3.33. The second-order valence-electron chi connectivity index (χ2n) is 5.47. The molecule has 0 heterocycles. The van der Waals surface area contributed by atoms with Gasteiger partial charge in [0.2, 0.25) is 10.0 Å². The summed E-state index contributed by atoms with van der Waals surface area (Å²) >= 11 is 0. The molecule has 118 valence electrons. The molecule has 0 spiro atoms. The van der Waals surface area contributed by atoms with E-state index in [9.17, 15) is 13.5 Å². The molecule has 2 aromatic rings. The van der Waals surface area contributed by atoms with Crippen molar-refractivity contribution in [2.24, 2.45) is 0 Å². The molecule has 4 nitrogen and oxygen atoms in total. The van der Waals surface area contributed by atoms with Gasteiger partial charge in [0.15, 0.2) is 0 Å². The van der Waals surface area contributed by atoms with E-state index in [-0.39, 0.29) is 17.5 Å². The van der Waals surface area contributed by atoms with Crippen molar-refractivity contribution in [1.82, 2.24) is 4.72 Å². The molecule has 0 radical (unpaired) electrons. The SMILES string of the molecule is CC(CCc1ccc(O)cc1)NS(=O)(=O)Cc1ccccc1. The number of benzene rings is 2. The predicted molar refractivity (Wildman–Crippen MR) is 88.1 cm³/mol. The summed E-state index contributed by atoms with van der Waals surface area (Å²) < 4.78 is 27.0. The van der Waals surface area contributed by atoms with Gasteiger partial charge in [0.25, 0.3) is 0 Å². The highest BCUT2D eigenvalue weighted by molar-refractivity contribution is 7.88. The van der Waals surface area contributed by atoms with Crippen LogP contribution < -0.4 is 4.72 Å². The van der Waals surface area contributed by atoms with Gasteiger partial charge in [-0.1, -0.05) is 42.5 Å². The van der Waals surface area contributed by atoms with Gasteiger partial charge in [-0.3, -0.25) is 0 Å². The summed E-state index contributed by atoms with van der Waals surface area (Å²) in [5.41, 5.74) is 1.85. The summed E-state index contributed by atoms with van der Waals surface area (Å²) in [6, 6.07) is 16.0. The van der Waals surface area contributed by atoms with Gasteiger partial charge < -0.3 is 5.11 Å². The van der Waals surface area contributed by atoms with Crippen LogP contribution in [0.5, 0.6) is 5.75 Å². The summed E-state index contributed by atoms with van der Waals surface area (Å²) in [7, 11) is -3.33. The average molecular weight is 319 g/mol. The van der Waals surface area contributed by atoms with E-state index < -0.39 is 10.0 Å². The molecule has 0 saturated carbocycles. The molecule has 22 heavy (non-hydrogen) atoms. The number of nitrogens with one attached hydrogen (secondary N) is 1. The van der Waals surface area contributed by atoms with Gasteiger partial charge in [-0.2, -0.15) is 0 Å². The lowest BCUT2D eigenvalue weighted by Crippen LogP contribution is -2.33. The summed E-state index contributed by atoms with van der Waals surface area (Å²) in [5.74, 6) is 0.234. The zero-order valence-corrected chi connectivity index (χ0v) is 13.4. The van der Waals surface area contributed by atoms with Gasteiger partial charge in [-0.25, -0.2) is 13.1 Å². The third-order valence-electron chi connectivity index (χ3n) is 3.38. The first-order chi connectivity index (χ1) is 10.4. The molecule has 5 heteroatoms. The van der Waals surface area contributed by atoms with E-state index in [0.29, 0.717) is 6.42 Å². The minimum Gasteiger partial charge on any atom is -0.508 e. The fourth-order valence-corrected chi connectivity index (χ4v) is 3.69. The van der Waals surface area contributed by atoms with Crippen molar-refractivity contribution in [2.45, 2.75) is 31.6 Å². The highest BCUT2D eigenvalue weighted by Gasteiger charge is 2.15. The number of aromatic hydroxyl groups is 1. The molecule has 0 aliphatic rings. The van der Waals surface area contributed by atoms with Gasteiger partial charge in [-0.15, -0.1) is 0 Å². The number of aryl methyl sites for hydroxylation is 1. The van der Waals surface area contributed by atoms with Crippen molar-refractivity contribution in [3.63, 3.8) is 0 Å². The summed E-state index contributed by atoms with van der Waals surface area (Å²) in [4.78, 5) is 0. The van der Waals surface area contributed by atoms with E-state index in [4.69, 9.17) is 0 Å². The summed E-state index contributed by atoms with van der Waals surface area (Å²) in [6.45, 7) is 1.86. The molecule has 0 aliphatic heterocycles. The molecule has 1 atom stereocenters. The van der Waals surface area contributed by atoms with Crippen LogP contribution in [0.15, 0.2) is 54.6 Å². The largest absolute Gasteiger partial charge is 0.508 e. The number of phenols is 1. The van der Waals surface area contributed by atoms with Gasteiger partial charge in [0, 0.05) is 6.04 Å². The Morgan fingerprint density at radius 2 is 1.64 bits per heavy atom. The Bertz CT molecular complexity index is 682. The van der Waals surface area contributed by atoms with Crippen molar-refractivity contribution in [2.75, 3.05) is 0 Å². The molecule has 1 unspecified atom stereocenters. The molecule has 0 bridgehead atoms. The lowest BCUT2D eigenvalue weighted by atomic mass is 10.1. The van der Waals surface area contributed by atoms with Crippen LogP contribution in [0.4, 0.5) is 0 Å². The fourth-order valence-electron chi connectivity index (χ4n) is 2.25. The highest BCUT2D eigenvalue weighted by Crippen LogP contribution is 2.12. The maximum atomic E-state index is 12.1. The molecule has 0 aromatic heterocycles. The fraction of sp³-hybridized carbons (Fsp3) is 0.294. The van der Waals surface area contributed by atoms with Gasteiger partial charge in [0.1, 0.15) is 5.75 Å². The van der Waals surface area contributed by atoms with Crippen LogP contribution in [0.2, 0.25) is 0 Å². The van der Waals surface area contributed by atoms with E-state index in [1.165, 1.54) is 0 Å². The van der Waals surface area contributed by atoms with E-state index >= 15 is 0 Å². The maximum Gasteiger partial charge on any atom is 0.216 e. The first-order valence-electron chi connectivity index (χ1n) is 7.26. The number of hydrogen-bond acceptors (Lipinski definition) is 3. The Morgan fingerprint density at radius 3 is 2.27 bits per heavy atom. The van der Waals surface area contributed by atoms with Crippen LogP contribution in [0, 0.1) is 0 Å². The number of hydrogen-bond donors (Lipinski definition) is 2. The number of sulfonamides is 1. The van der Waals surface area contributed by atoms with Crippen molar-refractivity contribution in [3.05, 3.63) is 65.7 Å².